The number of carbonyl (C=O) groups excluding carboxylic acids is 1. The summed E-state index contributed by atoms with van der Waals surface area (Å²) in [5.41, 5.74) is 4.90. The minimum Gasteiger partial charge on any atom is -0.497 e. The van der Waals surface area contributed by atoms with Gasteiger partial charge in [-0.05, 0) is 53.5 Å². The Morgan fingerprint density at radius 2 is 1.76 bits per heavy atom. The molecule has 3 aromatic carbocycles. The number of rotatable bonds is 5. The molecule has 0 saturated carbocycles. The lowest BCUT2D eigenvalue weighted by Gasteiger charge is -2.35. The summed E-state index contributed by atoms with van der Waals surface area (Å²) in [5.74, 6) is -0.450. The Labute approximate surface area is 197 Å². The third-order valence-electron chi connectivity index (χ3n) is 6.35. The number of aromatic nitrogens is 1. The fraction of sp³-hybridized carbons (Fsp3) is 0.143. The maximum absolute atomic E-state index is 13.4. The molecule has 1 unspecified atom stereocenters. The number of aromatic carboxylic acids is 1. The molecule has 6 heteroatoms. The van der Waals surface area contributed by atoms with Gasteiger partial charge in [0.15, 0.2) is 0 Å². The van der Waals surface area contributed by atoms with Crippen molar-refractivity contribution in [1.82, 2.24) is 9.88 Å². The van der Waals surface area contributed by atoms with Crippen molar-refractivity contribution in [2.24, 2.45) is 0 Å². The molecule has 170 valence electrons. The SMILES string of the molecule is COc1ccc(C2c3[nH]c4ccccc4c3CCN2C(=O)/C=C/c2ccccc2C(=O)O)cc1. The van der Waals surface area contributed by atoms with E-state index in [-0.39, 0.29) is 17.5 Å². The third-order valence-corrected chi connectivity index (χ3v) is 6.35. The van der Waals surface area contributed by atoms with Crippen molar-refractivity contribution < 1.29 is 19.4 Å². The Bertz CT molecular complexity index is 1400. The van der Waals surface area contributed by atoms with Crippen LogP contribution in [-0.2, 0) is 11.2 Å². The van der Waals surface area contributed by atoms with Crippen LogP contribution in [0.15, 0.2) is 78.9 Å². The summed E-state index contributed by atoms with van der Waals surface area (Å²) >= 11 is 0. The molecule has 1 amide bonds. The van der Waals surface area contributed by atoms with E-state index in [1.54, 1.807) is 31.4 Å². The van der Waals surface area contributed by atoms with Crippen molar-refractivity contribution >= 4 is 28.9 Å². The molecule has 0 bridgehead atoms. The molecule has 0 saturated heterocycles. The molecule has 1 aromatic heterocycles. The molecule has 34 heavy (non-hydrogen) atoms. The molecule has 6 nitrogen and oxygen atoms in total. The summed E-state index contributed by atoms with van der Waals surface area (Å²) in [6.07, 6.45) is 3.78. The first-order chi connectivity index (χ1) is 16.6. The minimum absolute atomic E-state index is 0.162. The molecule has 5 rings (SSSR count). The third kappa shape index (κ3) is 3.83. The van der Waals surface area contributed by atoms with E-state index in [9.17, 15) is 14.7 Å². The highest BCUT2D eigenvalue weighted by Crippen LogP contribution is 2.39. The molecule has 2 heterocycles. The smallest absolute Gasteiger partial charge is 0.336 e. The predicted molar refractivity (Wildman–Crippen MR) is 131 cm³/mol. The summed E-state index contributed by atoms with van der Waals surface area (Å²) in [5, 5.41) is 10.6. The highest BCUT2D eigenvalue weighted by molar-refractivity contribution is 5.97. The number of hydrogen-bond donors (Lipinski definition) is 2. The van der Waals surface area contributed by atoms with Crippen LogP contribution >= 0.6 is 0 Å². The second-order valence-electron chi connectivity index (χ2n) is 8.25. The second kappa shape index (κ2) is 8.90. The maximum atomic E-state index is 13.4. The number of benzene rings is 3. The van der Waals surface area contributed by atoms with E-state index in [0.29, 0.717) is 12.1 Å². The van der Waals surface area contributed by atoms with Crippen molar-refractivity contribution in [3.8, 4) is 5.75 Å². The largest absolute Gasteiger partial charge is 0.497 e. The molecule has 0 fully saturated rings. The van der Waals surface area contributed by atoms with Gasteiger partial charge in [-0.1, -0.05) is 48.5 Å². The number of methoxy groups -OCH3 is 1. The van der Waals surface area contributed by atoms with Crippen LogP contribution in [0.2, 0.25) is 0 Å². The van der Waals surface area contributed by atoms with Gasteiger partial charge in [-0.3, -0.25) is 4.79 Å². The van der Waals surface area contributed by atoms with Gasteiger partial charge in [0.05, 0.1) is 18.7 Å². The number of ether oxygens (including phenoxy) is 1. The molecule has 0 radical (unpaired) electrons. The van der Waals surface area contributed by atoms with Crippen molar-refractivity contribution in [3.05, 3.63) is 107 Å². The van der Waals surface area contributed by atoms with Crippen molar-refractivity contribution in [2.75, 3.05) is 13.7 Å². The quantitative estimate of drug-likeness (QED) is 0.415. The fourth-order valence-corrected chi connectivity index (χ4v) is 4.70. The number of carboxylic acids is 1. The van der Waals surface area contributed by atoms with Gasteiger partial charge in [-0.2, -0.15) is 0 Å². The molecule has 1 aliphatic rings. The first kappa shape index (κ1) is 21.5. The average molecular weight is 453 g/mol. The van der Waals surface area contributed by atoms with Gasteiger partial charge in [0.1, 0.15) is 5.75 Å². The summed E-state index contributed by atoms with van der Waals surface area (Å²) in [6, 6.07) is 22.3. The number of nitrogens with zero attached hydrogens (tertiary/aromatic N) is 1. The normalized spacial score (nSPS) is 15.4. The van der Waals surface area contributed by atoms with Crippen molar-refractivity contribution in [1.29, 1.82) is 0 Å². The molecular formula is C28H24N2O4. The number of amides is 1. The zero-order valence-electron chi connectivity index (χ0n) is 18.7. The van der Waals surface area contributed by atoms with Gasteiger partial charge in [0.25, 0.3) is 0 Å². The topological polar surface area (TPSA) is 82.6 Å². The average Bonchev–Trinajstić information content (AvgIpc) is 3.25. The van der Waals surface area contributed by atoms with Crippen LogP contribution in [0.5, 0.6) is 5.75 Å². The second-order valence-corrected chi connectivity index (χ2v) is 8.25. The molecule has 4 aromatic rings. The number of aromatic amines is 1. The van der Waals surface area contributed by atoms with Gasteiger partial charge in [0, 0.05) is 29.2 Å². The Hall–Kier alpha value is -4.32. The summed E-state index contributed by atoms with van der Waals surface area (Å²) in [7, 11) is 1.63. The van der Waals surface area contributed by atoms with E-state index >= 15 is 0 Å². The first-order valence-electron chi connectivity index (χ1n) is 11.1. The Morgan fingerprint density at radius 1 is 1.03 bits per heavy atom. The van der Waals surface area contributed by atoms with Crippen LogP contribution in [0, 0.1) is 0 Å². The lowest BCUT2D eigenvalue weighted by Crippen LogP contribution is -2.39. The summed E-state index contributed by atoms with van der Waals surface area (Å²) < 4.78 is 5.32. The number of carbonyl (C=O) groups is 2. The van der Waals surface area contributed by atoms with Gasteiger partial charge in [-0.15, -0.1) is 0 Å². The molecule has 0 spiro atoms. The zero-order chi connectivity index (χ0) is 23.7. The van der Waals surface area contributed by atoms with Crippen molar-refractivity contribution in [2.45, 2.75) is 12.5 Å². The molecule has 2 N–H and O–H groups in total. The Balaban J connectivity index is 1.55. The van der Waals surface area contributed by atoms with E-state index < -0.39 is 5.97 Å². The van der Waals surface area contributed by atoms with Crippen LogP contribution in [0.4, 0.5) is 0 Å². The van der Waals surface area contributed by atoms with Crippen LogP contribution < -0.4 is 4.74 Å². The number of nitrogens with one attached hydrogen (secondary N) is 1. The monoisotopic (exact) mass is 452 g/mol. The molecule has 0 aliphatic carbocycles. The first-order valence-corrected chi connectivity index (χ1v) is 11.1. The Kier molecular flexibility index (Phi) is 5.64. The van der Waals surface area contributed by atoms with Gasteiger partial charge < -0.3 is 19.7 Å². The number of para-hydroxylation sites is 1. The summed E-state index contributed by atoms with van der Waals surface area (Å²) in [4.78, 5) is 30.4. The number of H-pyrrole nitrogens is 1. The van der Waals surface area contributed by atoms with E-state index in [1.165, 1.54) is 23.1 Å². The van der Waals surface area contributed by atoms with Gasteiger partial charge >= 0.3 is 5.97 Å². The maximum Gasteiger partial charge on any atom is 0.336 e. The van der Waals surface area contributed by atoms with Crippen LogP contribution in [-0.4, -0.2) is 40.5 Å². The number of hydrogen-bond acceptors (Lipinski definition) is 3. The highest BCUT2D eigenvalue weighted by Gasteiger charge is 2.33. The van der Waals surface area contributed by atoms with E-state index in [4.69, 9.17) is 4.74 Å². The lowest BCUT2D eigenvalue weighted by atomic mass is 9.92. The van der Waals surface area contributed by atoms with E-state index in [0.717, 1.165) is 28.9 Å². The fourth-order valence-electron chi connectivity index (χ4n) is 4.70. The van der Waals surface area contributed by atoms with Crippen LogP contribution in [0.3, 0.4) is 0 Å². The molecule has 1 aliphatic heterocycles. The molecule has 1 atom stereocenters. The molecular weight excluding hydrogens is 428 g/mol. The van der Waals surface area contributed by atoms with Crippen molar-refractivity contribution in [3.63, 3.8) is 0 Å². The summed E-state index contributed by atoms with van der Waals surface area (Å²) in [6.45, 7) is 0.551. The lowest BCUT2D eigenvalue weighted by molar-refractivity contribution is -0.128. The van der Waals surface area contributed by atoms with Gasteiger partial charge in [-0.25, -0.2) is 4.79 Å². The van der Waals surface area contributed by atoms with E-state index in [1.807, 2.05) is 47.4 Å². The number of carboxylic acid groups (broad SMARTS) is 1. The minimum atomic E-state index is -1.02. The van der Waals surface area contributed by atoms with Crippen LogP contribution in [0.1, 0.15) is 38.8 Å². The Morgan fingerprint density at radius 3 is 2.53 bits per heavy atom. The van der Waals surface area contributed by atoms with Gasteiger partial charge in [0.2, 0.25) is 5.91 Å². The van der Waals surface area contributed by atoms with E-state index in [2.05, 4.69) is 11.1 Å². The zero-order valence-corrected chi connectivity index (χ0v) is 18.7. The highest BCUT2D eigenvalue weighted by atomic mass is 16.5. The standard InChI is InChI=1S/C28H24N2O4/c1-34-20-13-10-19(11-14-20)27-26-23(22-8-4-5-9-24(22)29-26)16-17-30(27)25(31)15-12-18-6-2-3-7-21(18)28(32)33/h2-15,27,29H,16-17H2,1H3,(H,32,33)/b15-12+. The predicted octanol–water partition coefficient (Wildman–Crippen LogP) is 5.06. The number of fused-ring (bicyclic) bond motifs is 3. The van der Waals surface area contributed by atoms with Crippen LogP contribution in [0.25, 0.3) is 17.0 Å².